The average Bonchev–Trinajstić information content (AvgIpc) is 2.39. The smallest absolute Gasteiger partial charge is 0.252 e. The minimum Gasteiger partial charge on any atom is -0.374 e. The number of nitrogens with zero attached hydrogens (tertiary/aromatic N) is 1. The Hall–Kier alpha value is -1.30. The first kappa shape index (κ1) is 14.1. The van der Waals surface area contributed by atoms with Crippen molar-refractivity contribution in [3.63, 3.8) is 0 Å². The van der Waals surface area contributed by atoms with Gasteiger partial charge in [-0.1, -0.05) is 17.7 Å². The highest BCUT2D eigenvalue weighted by atomic mass is 35.5. The summed E-state index contributed by atoms with van der Waals surface area (Å²) in [6.07, 6.45) is 0.0958. The van der Waals surface area contributed by atoms with Crippen molar-refractivity contribution in [1.29, 1.82) is 0 Å². The number of ether oxygens (including phenoxy) is 1. The molecule has 0 saturated carbocycles. The Bertz CT molecular complexity index is 461. The first-order valence-electron chi connectivity index (χ1n) is 6.21. The first-order chi connectivity index (χ1) is 9.09. The molecule has 1 atom stereocenters. The van der Waals surface area contributed by atoms with Gasteiger partial charge in [0.2, 0.25) is 0 Å². The van der Waals surface area contributed by atoms with Crippen molar-refractivity contribution in [2.24, 2.45) is 5.73 Å². The third kappa shape index (κ3) is 3.37. The summed E-state index contributed by atoms with van der Waals surface area (Å²) in [6.45, 7) is 3.06. The molecule has 0 aromatic heterocycles. The van der Waals surface area contributed by atoms with E-state index in [1.165, 1.54) is 0 Å². The molecule has 0 spiro atoms. The molecule has 5 nitrogen and oxygen atoms in total. The van der Waals surface area contributed by atoms with E-state index in [2.05, 4.69) is 5.32 Å². The van der Waals surface area contributed by atoms with E-state index < -0.39 is 5.91 Å². The second-order valence-corrected chi connectivity index (χ2v) is 4.98. The fourth-order valence-electron chi connectivity index (χ4n) is 2.22. The number of morpholine rings is 1. The zero-order valence-electron chi connectivity index (χ0n) is 10.9. The van der Waals surface area contributed by atoms with Gasteiger partial charge in [-0.05, 0) is 12.1 Å². The van der Waals surface area contributed by atoms with Gasteiger partial charge in [0.1, 0.15) is 0 Å². The van der Waals surface area contributed by atoms with Crippen LogP contribution < -0.4 is 16.0 Å². The first-order valence-corrected chi connectivity index (χ1v) is 6.59. The summed E-state index contributed by atoms with van der Waals surface area (Å²) in [5, 5.41) is 3.65. The Kier molecular flexibility index (Phi) is 4.63. The lowest BCUT2D eigenvalue weighted by Crippen LogP contribution is -2.44. The summed E-state index contributed by atoms with van der Waals surface area (Å²) in [5.41, 5.74) is 6.48. The SMILES string of the molecule is CN(CC1CNCCO1)c1cccc(Cl)c1C(N)=O. The van der Waals surface area contributed by atoms with Crippen molar-refractivity contribution >= 4 is 23.2 Å². The van der Waals surface area contributed by atoms with E-state index in [1.807, 2.05) is 18.0 Å². The molecule has 1 saturated heterocycles. The molecule has 0 bridgehead atoms. The molecular weight excluding hydrogens is 266 g/mol. The molecule has 6 heteroatoms. The van der Waals surface area contributed by atoms with E-state index in [4.69, 9.17) is 22.1 Å². The molecule has 0 radical (unpaired) electrons. The van der Waals surface area contributed by atoms with Crippen molar-refractivity contribution in [3.05, 3.63) is 28.8 Å². The predicted octanol–water partition coefficient (Wildman–Crippen LogP) is 0.863. The van der Waals surface area contributed by atoms with Crippen LogP contribution in [0.2, 0.25) is 5.02 Å². The summed E-state index contributed by atoms with van der Waals surface area (Å²) in [5.74, 6) is -0.518. The molecule has 1 aromatic rings. The minimum atomic E-state index is -0.518. The van der Waals surface area contributed by atoms with Crippen LogP contribution in [0, 0.1) is 0 Å². The van der Waals surface area contributed by atoms with E-state index in [1.54, 1.807) is 12.1 Å². The summed E-state index contributed by atoms with van der Waals surface area (Å²) in [7, 11) is 1.90. The quantitative estimate of drug-likeness (QED) is 0.860. The van der Waals surface area contributed by atoms with Crippen LogP contribution in [0.15, 0.2) is 18.2 Å². The van der Waals surface area contributed by atoms with E-state index in [-0.39, 0.29) is 6.10 Å². The molecule has 0 aliphatic carbocycles. The zero-order chi connectivity index (χ0) is 13.8. The van der Waals surface area contributed by atoms with E-state index in [9.17, 15) is 4.79 Å². The fraction of sp³-hybridized carbons (Fsp3) is 0.462. The van der Waals surface area contributed by atoms with E-state index in [0.717, 1.165) is 18.8 Å². The molecule has 1 heterocycles. The normalized spacial score (nSPS) is 19.2. The predicted molar refractivity (Wildman–Crippen MR) is 75.8 cm³/mol. The van der Waals surface area contributed by atoms with Gasteiger partial charge in [-0.3, -0.25) is 4.79 Å². The number of amides is 1. The van der Waals surface area contributed by atoms with Gasteiger partial charge in [0.25, 0.3) is 5.91 Å². The topological polar surface area (TPSA) is 67.6 Å². The van der Waals surface area contributed by atoms with Crippen LogP contribution in [0.1, 0.15) is 10.4 Å². The lowest BCUT2D eigenvalue weighted by molar-refractivity contribution is 0.0340. The van der Waals surface area contributed by atoms with Crippen LogP contribution in [-0.4, -0.2) is 45.3 Å². The molecule has 1 aliphatic rings. The van der Waals surface area contributed by atoms with E-state index >= 15 is 0 Å². The molecule has 1 aromatic carbocycles. The van der Waals surface area contributed by atoms with Crippen LogP contribution in [0.25, 0.3) is 0 Å². The largest absolute Gasteiger partial charge is 0.374 e. The summed E-state index contributed by atoms with van der Waals surface area (Å²) >= 11 is 6.04. The van der Waals surface area contributed by atoms with Gasteiger partial charge in [-0.15, -0.1) is 0 Å². The van der Waals surface area contributed by atoms with Crippen molar-refractivity contribution in [3.8, 4) is 0 Å². The minimum absolute atomic E-state index is 0.0958. The molecule has 1 unspecified atom stereocenters. The third-order valence-corrected chi connectivity index (χ3v) is 3.45. The number of halogens is 1. The summed E-state index contributed by atoms with van der Waals surface area (Å²) in [6, 6.07) is 5.31. The number of nitrogens with two attached hydrogens (primary N) is 1. The summed E-state index contributed by atoms with van der Waals surface area (Å²) < 4.78 is 5.65. The van der Waals surface area contributed by atoms with Crippen molar-refractivity contribution in [2.45, 2.75) is 6.10 Å². The average molecular weight is 284 g/mol. The van der Waals surface area contributed by atoms with Crippen LogP contribution in [0.5, 0.6) is 0 Å². The molecule has 2 rings (SSSR count). The van der Waals surface area contributed by atoms with Gasteiger partial charge in [0.05, 0.1) is 29.0 Å². The Labute approximate surface area is 117 Å². The van der Waals surface area contributed by atoms with Crippen molar-refractivity contribution in [1.82, 2.24) is 5.32 Å². The van der Waals surface area contributed by atoms with Gasteiger partial charge in [-0.2, -0.15) is 0 Å². The molecule has 1 aliphatic heterocycles. The Morgan fingerprint density at radius 2 is 2.42 bits per heavy atom. The standard InChI is InChI=1S/C13H18ClN3O2/c1-17(8-9-7-16-5-6-19-9)11-4-2-3-10(14)12(11)13(15)18/h2-4,9,16H,5-8H2,1H3,(H2,15,18). The number of carbonyl (C=O) groups excluding carboxylic acids is 1. The Morgan fingerprint density at radius 1 is 1.63 bits per heavy atom. The summed E-state index contributed by atoms with van der Waals surface area (Å²) in [4.78, 5) is 13.5. The van der Waals surface area contributed by atoms with Crippen LogP contribution in [-0.2, 0) is 4.74 Å². The number of benzene rings is 1. The lowest BCUT2D eigenvalue weighted by atomic mass is 10.1. The Morgan fingerprint density at radius 3 is 3.05 bits per heavy atom. The highest BCUT2D eigenvalue weighted by Crippen LogP contribution is 2.26. The van der Waals surface area contributed by atoms with Gasteiger partial charge < -0.3 is 20.7 Å². The second-order valence-electron chi connectivity index (χ2n) is 4.58. The molecule has 3 N–H and O–H groups in total. The van der Waals surface area contributed by atoms with Gasteiger partial charge >= 0.3 is 0 Å². The van der Waals surface area contributed by atoms with Crippen LogP contribution >= 0.6 is 11.6 Å². The highest BCUT2D eigenvalue weighted by Gasteiger charge is 2.20. The van der Waals surface area contributed by atoms with E-state index in [0.29, 0.717) is 23.7 Å². The number of nitrogens with one attached hydrogen (secondary N) is 1. The highest BCUT2D eigenvalue weighted by molar-refractivity contribution is 6.34. The molecular formula is C13H18ClN3O2. The van der Waals surface area contributed by atoms with Gasteiger partial charge in [0.15, 0.2) is 0 Å². The second kappa shape index (κ2) is 6.23. The number of hydrogen-bond donors (Lipinski definition) is 2. The van der Waals surface area contributed by atoms with Crippen molar-refractivity contribution < 1.29 is 9.53 Å². The molecule has 104 valence electrons. The van der Waals surface area contributed by atoms with Crippen molar-refractivity contribution in [2.75, 3.05) is 38.2 Å². The monoisotopic (exact) mass is 283 g/mol. The van der Waals surface area contributed by atoms with Gasteiger partial charge in [-0.25, -0.2) is 0 Å². The fourth-order valence-corrected chi connectivity index (χ4v) is 2.48. The number of hydrogen-bond acceptors (Lipinski definition) is 4. The maximum Gasteiger partial charge on any atom is 0.252 e. The Balaban J connectivity index is 2.16. The van der Waals surface area contributed by atoms with Crippen LogP contribution in [0.4, 0.5) is 5.69 Å². The number of rotatable bonds is 4. The third-order valence-electron chi connectivity index (χ3n) is 3.13. The zero-order valence-corrected chi connectivity index (χ0v) is 11.6. The maximum atomic E-state index is 11.5. The number of anilines is 1. The lowest BCUT2D eigenvalue weighted by Gasteiger charge is -2.30. The molecule has 19 heavy (non-hydrogen) atoms. The number of likely N-dealkylation sites (N-methyl/N-ethyl adjacent to an activating group) is 1. The molecule has 1 amide bonds. The number of carbonyl (C=O) groups is 1. The number of primary amides is 1. The molecule has 1 fully saturated rings. The van der Waals surface area contributed by atoms with Gasteiger partial charge in [0, 0.05) is 26.7 Å². The maximum absolute atomic E-state index is 11.5. The van der Waals surface area contributed by atoms with Crippen LogP contribution in [0.3, 0.4) is 0 Å².